The highest BCUT2D eigenvalue weighted by Gasteiger charge is 2.60. The third kappa shape index (κ3) is 3.67. The summed E-state index contributed by atoms with van der Waals surface area (Å²) in [7, 11) is 0. The maximum Gasteiger partial charge on any atom is 0.302 e. The number of esters is 1. The van der Waals surface area contributed by atoms with Crippen LogP contribution in [-0.2, 0) is 30.3 Å². The van der Waals surface area contributed by atoms with Crippen LogP contribution in [0, 0.1) is 5.92 Å². The van der Waals surface area contributed by atoms with Crippen LogP contribution >= 0.6 is 11.6 Å². The van der Waals surface area contributed by atoms with Crippen LogP contribution in [0.2, 0.25) is 5.15 Å². The molecule has 10 heteroatoms. The molecule has 2 fully saturated rings. The van der Waals surface area contributed by atoms with Crippen molar-refractivity contribution in [1.29, 1.82) is 0 Å². The van der Waals surface area contributed by atoms with E-state index in [9.17, 15) is 4.79 Å². The molecule has 2 aromatic heterocycles. The smallest absolute Gasteiger partial charge is 0.302 e. The van der Waals surface area contributed by atoms with Gasteiger partial charge in [-0.2, -0.15) is 0 Å². The second-order valence-electron chi connectivity index (χ2n) is 7.74. The van der Waals surface area contributed by atoms with Gasteiger partial charge in [0.2, 0.25) is 0 Å². The Hall–Kier alpha value is -2.59. The lowest BCUT2D eigenvalue weighted by molar-refractivity contribution is -0.193. The fourth-order valence-corrected chi connectivity index (χ4v) is 4.46. The van der Waals surface area contributed by atoms with E-state index in [1.165, 1.54) is 13.3 Å². The van der Waals surface area contributed by atoms with Crippen LogP contribution in [0.4, 0.5) is 0 Å². The Balaban J connectivity index is 1.49. The molecule has 4 heterocycles. The van der Waals surface area contributed by atoms with Gasteiger partial charge in [0.05, 0.1) is 32.1 Å². The Morgan fingerprint density at radius 2 is 2.13 bits per heavy atom. The molecule has 0 saturated carbocycles. The molecule has 9 nitrogen and oxygen atoms in total. The van der Waals surface area contributed by atoms with Crippen molar-refractivity contribution in [2.75, 3.05) is 19.8 Å². The second kappa shape index (κ2) is 8.16. The molecule has 31 heavy (non-hydrogen) atoms. The highest BCUT2D eigenvalue weighted by molar-refractivity contribution is 6.33. The second-order valence-corrected chi connectivity index (χ2v) is 8.10. The summed E-state index contributed by atoms with van der Waals surface area (Å²) >= 11 is 6.17. The minimum absolute atomic E-state index is 0.0250. The lowest BCUT2D eigenvalue weighted by Gasteiger charge is -2.37. The van der Waals surface area contributed by atoms with Crippen molar-refractivity contribution in [3.05, 3.63) is 53.7 Å². The predicted molar refractivity (Wildman–Crippen MR) is 109 cm³/mol. The van der Waals surface area contributed by atoms with Crippen molar-refractivity contribution in [1.82, 2.24) is 19.5 Å². The van der Waals surface area contributed by atoms with Crippen molar-refractivity contribution < 1.29 is 23.7 Å². The summed E-state index contributed by atoms with van der Waals surface area (Å²) in [6.07, 6.45) is 2.18. The summed E-state index contributed by atoms with van der Waals surface area (Å²) in [6.45, 7) is 2.46. The summed E-state index contributed by atoms with van der Waals surface area (Å²) in [5, 5.41) is 0.271. The molecule has 162 valence electrons. The van der Waals surface area contributed by atoms with Gasteiger partial charge in [-0.3, -0.25) is 9.36 Å². The third-order valence-corrected chi connectivity index (χ3v) is 5.94. The molecule has 0 spiro atoms. The van der Waals surface area contributed by atoms with E-state index in [1.807, 2.05) is 34.9 Å². The summed E-state index contributed by atoms with van der Waals surface area (Å²) < 4.78 is 25.9. The third-order valence-electron chi connectivity index (χ3n) is 5.67. The van der Waals surface area contributed by atoms with Crippen LogP contribution < -0.4 is 0 Å². The molecule has 5 rings (SSSR count). The number of carbonyl (C=O) groups is 1. The molecule has 0 N–H and O–H groups in total. The Labute approximate surface area is 183 Å². The van der Waals surface area contributed by atoms with E-state index in [2.05, 4.69) is 15.0 Å². The van der Waals surface area contributed by atoms with Gasteiger partial charge in [-0.25, -0.2) is 15.0 Å². The van der Waals surface area contributed by atoms with Crippen molar-refractivity contribution in [2.24, 2.45) is 5.92 Å². The maximum absolute atomic E-state index is 11.6. The minimum Gasteiger partial charge on any atom is -0.463 e. The molecular weight excluding hydrogens is 424 g/mol. The Morgan fingerprint density at radius 3 is 2.94 bits per heavy atom. The first-order valence-electron chi connectivity index (χ1n) is 9.95. The Morgan fingerprint density at radius 1 is 1.29 bits per heavy atom. The fraction of sp³-hybridized carbons (Fsp3) is 0.429. The largest absolute Gasteiger partial charge is 0.463 e. The van der Waals surface area contributed by atoms with Gasteiger partial charge >= 0.3 is 5.97 Å². The molecule has 0 amide bonds. The number of rotatable bonds is 6. The number of carbonyl (C=O) groups excluding carboxylic acids is 1. The zero-order chi connectivity index (χ0) is 21.4. The van der Waals surface area contributed by atoms with Crippen LogP contribution in [0.25, 0.3) is 11.2 Å². The summed E-state index contributed by atoms with van der Waals surface area (Å²) in [5.41, 5.74) is 1.15. The van der Waals surface area contributed by atoms with Crippen LogP contribution in [0.1, 0.15) is 18.7 Å². The number of fused-ring (bicyclic) bond motifs is 3. The molecule has 0 aliphatic carbocycles. The summed E-state index contributed by atoms with van der Waals surface area (Å²) in [4.78, 5) is 24.2. The van der Waals surface area contributed by atoms with Crippen LogP contribution in [0.5, 0.6) is 0 Å². The number of nitrogens with zero attached hydrogens (tertiary/aromatic N) is 4. The number of halogens is 1. The topological polar surface area (TPSA) is 97.6 Å². The van der Waals surface area contributed by atoms with E-state index in [1.54, 1.807) is 6.33 Å². The lowest BCUT2D eigenvalue weighted by Crippen LogP contribution is -2.54. The van der Waals surface area contributed by atoms with E-state index < -0.39 is 17.8 Å². The predicted octanol–water partition coefficient (Wildman–Crippen LogP) is 2.54. The highest BCUT2D eigenvalue weighted by Crippen LogP contribution is 2.48. The number of aromatic nitrogens is 4. The Bertz CT molecular complexity index is 1090. The molecule has 4 unspecified atom stereocenters. The highest BCUT2D eigenvalue weighted by atomic mass is 35.5. The van der Waals surface area contributed by atoms with E-state index in [4.69, 9.17) is 30.5 Å². The molecule has 0 radical (unpaired) electrons. The molecule has 4 atom stereocenters. The van der Waals surface area contributed by atoms with Crippen LogP contribution in [0.15, 0.2) is 43.0 Å². The molecule has 3 aromatic rings. The number of hydrogen-bond donors (Lipinski definition) is 0. The average molecular weight is 445 g/mol. The number of imidazole rings is 1. The van der Waals surface area contributed by atoms with Gasteiger partial charge in [-0.05, 0) is 5.56 Å². The number of ether oxygens (including phenoxy) is 4. The monoisotopic (exact) mass is 444 g/mol. The standard InChI is InChI=1S/C21H21ClN4O5/c1-13(27)30-10-21-9-28-8-15(17(21)29-7-14-5-3-2-4-6-14)20(31-21)26-12-25-16-18(22)23-11-24-19(16)26/h2-6,11-12,15,17,20H,7-10H2,1H3. The van der Waals surface area contributed by atoms with Crippen molar-refractivity contribution >= 4 is 28.7 Å². The van der Waals surface area contributed by atoms with Crippen molar-refractivity contribution in [3.63, 3.8) is 0 Å². The molecular formula is C21H21ClN4O5. The fourth-order valence-electron chi connectivity index (χ4n) is 4.28. The average Bonchev–Trinajstić information content (AvgIpc) is 3.27. The van der Waals surface area contributed by atoms with E-state index in [0.29, 0.717) is 24.4 Å². The normalized spacial score (nSPS) is 27.5. The quantitative estimate of drug-likeness (QED) is 0.422. The van der Waals surface area contributed by atoms with Crippen LogP contribution in [-0.4, -0.2) is 57.0 Å². The van der Waals surface area contributed by atoms with Crippen LogP contribution in [0.3, 0.4) is 0 Å². The van der Waals surface area contributed by atoms with Crippen molar-refractivity contribution in [3.8, 4) is 0 Å². The van der Waals surface area contributed by atoms with Gasteiger partial charge in [0.15, 0.2) is 16.4 Å². The van der Waals surface area contributed by atoms with Gasteiger partial charge in [0.25, 0.3) is 0 Å². The zero-order valence-electron chi connectivity index (χ0n) is 16.8. The first kappa shape index (κ1) is 20.3. The van der Waals surface area contributed by atoms with Gasteiger partial charge < -0.3 is 18.9 Å². The molecule has 2 aliphatic heterocycles. The van der Waals surface area contributed by atoms with Gasteiger partial charge in [0, 0.05) is 6.92 Å². The summed E-state index contributed by atoms with van der Waals surface area (Å²) in [6, 6.07) is 9.89. The zero-order valence-corrected chi connectivity index (χ0v) is 17.6. The Kier molecular flexibility index (Phi) is 5.35. The van der Waals surface area contributed by atoms with Crippen molar-refractivity contribution in [2.45, 2.75) is 31.5 Å². The minimum atomic E-state index is -0.943. The first-order valence-corrected chi connectivity index (χ1v) is 10.3. The number of benzene rings is 1. The van der Waals surface area contributed by atoms with Gasteiger partial charge in [0.1, 0.15) is 30.8 Å². The first-order chi connectivity index (χ1) is 15.1. The molecule has 2 aliphatic rings. The SMILES string of the molecule is CC(=O)OCC12COCC(C(n3cnc4c(Cl)ncnc43)O1)C2OCc1ccccc1. The number of hydrogen-bond acceptors (Lipinski definition) is 8. The van der Waals surface area contributed by atoms with E-state index >= 15 is 0 Å². The van der Waals surface area contributed by atoms with E-state index in [-0.39, 0.29) is 30.4 Å². The molecule has 2 bridgehead atoms. The summed E-state index contributed by atoms with van der Waals surface area (Å²) in [5.74, 6) is -0.558. The van der Waals surface area contributed by atoms with Gasteiger partial charge in [-0.1, -0.05) is 41.9 Å². The lowest BCUT2D eigenvalue weighted by atomic mass is 9.88. The molecule has 1 aromatic carbocycles. The van der Waals surface area contributed by atoms with Gasteiger partial charge in [-0.15, -0.1) is 0 Å². The van der Waals surface area contributed by atoms with E-state index in [0.717, 1.165) is 5.56 Å². The maximum atomic E-state index is 11.6. The molecule has 2 saturated heterocycles.